The van der Waals surface area contributed by atoms with Crippen molar-refractivity contribution >= 4 is 0 Å². The zero-order valence-corrected chi connectivity index (χ0v) is 5.93. The molecular formula is C7H15NO. The van der Waals surface area contributed by atoms with Gasteiger partial charge in [-0.3, -0.25) is 0 Å². The van der Waals surface area contributed by atoms with Gasteiger partial charge in [-0.25, -0.2) is 0 Å². The van der Waals surface area contributed by atoms with Crippen LogP contribution in [0.1, 0.15) is 26.2 Å². The number of aliphatic hydroxyl groups excluding tert-OH is 1. The van der Waals surface area contributed by atoms with Crippen molar-refractivity contribution in [2.75, 3.05) is 6.61 Å². The molecule has 0 amide bonds. The van der Waals surface area contributed by atoms with Gasteiger partial charge in [0, 0.05) is 18.1 Å². The third-order valence-corrected chi connectivity index (χ3v) is 2.52. The third kappa shape index (κ3) is 1.10. The Hall–Kier alpha value is -0.0800. The molecule has 0 aromatic rings. The first kappa shape index (κ1) is 7.03. The largest absolute Gasteiger partial charge is 0.396 e. The van der Waals surface area contributed by atoms with Crippen LogP contribution in [-0.4, -0.2) is 17.8 Å². The Morgan fingerprint density at radius 1 is 1.78 bits per heavy atom. The second-order valence-electron chi connectivity index (χ2n) is 3.31. The van der Waals surface area contributed by atoms with E-state index in [0.29, 0.717) is 0 Å². The first-order chi connectivity index (χ1) is 4.19. The Morgan fingerprint density at radius 2 is 2.44 bits per heavy atom. The van der Waals surface area contributed by atoms with Crippen LogP contribution in [0.3, 0.4) is 0 Å². The van der Waals surface area contributed by atoms with Crippen LogP contribution in [-0.2, 0) is 0 Å². The molecule has 0 aromatic heterocycles. The highest BCUT2D eigenvalue weighted by molar-refractivity contribution is 4.90. The lowest BCUT2D eigenvalue weighted by molar-refractivity contribution is 0.133. The third-order valence-electron chi connectivity index (χ3n) is 2.52. The molecule has 0 spiro atoms. The predicted octanol–water partition coefficient (Wildman–Crippen LogP) is 0.496. The first-order valence-corrected chi connectivity index (χ1v) is 3.55. The number of nitrogens with two attached hydrogens (primary N) is 1. The van der Waals surface area contributed by atoms with Crippen LogP contribution >= 0.6 is 0 Å². The van der Waals surface area contributed by atoms with E-state index in [1.54, 1.807) is 0 Å². The van der Waals surface area contributed by atoms with Crippen molar-refractivity contribution in [3.8, 4) is 0 Å². The molecule has 2 atom stereocenters. The van der Waals surface area contributed by atoms with E-state index >= 15 is 0 Å². The topological polar surface area (TPSA) is 46.2 Å². The van der Waals surface area contributed by atoms with Gasteiger partial charge in [0.05, 0.1) is 0 Å². The minimum atomic E-state index is 0.0278. The van der Waals surface area contributed by atoms with E-state index in [-0.39, 0.29) is 18.1 Å². The highest BCUT2D eigenvalue weighted by atomic mass is 16.3. The summed E-state index contributed by atoms with van der Waals surface area (Å²) in [5, 5.41) is 8.92. The molecule has 1 fully saturated rings. The van der Waals surface area contributed by atoms with Crippen molar-refractivity contribution in [1.82, 2.24) is 0 Å². The second kappa shape index (κ2) is 2.27. The van der Waals surface area contributed by atoms with E-state index in [2.05, 4.69) is 6.92 Å². The fourth-order valence-corrected chi connectivity index (χ4v) is 1.46. The summed E-state index contributed by atoms with van der Waals surface area (Å²) in [7, 11) is 0. The molecule has 9 heavy (non-hydrogen) atoms. The van der Waals surface area contributed by atoms with E-state index < -0.39 is 0 Å². The van der Waals surface area contributed by atoms with E-state index in [0.717, 1.165) is 12.8 Å². The molecule has 2 nitrogen and oxygen atoms in total. The summed E-state index contributed by atoms with van der Waals surface area (Å²) >= 11 is 0. The lowest BCUT2D eigenvalue weighted by Gasteiger charge is -2.25. The van der Waals surface area contributed by atoms with Crippen LogP contribution in [0.2, 0.25) is 0 Å². The average molecular weight is 129 g/mol. The maximum Gasteiger partial charge on any atom is 0.0499 e. The van der Waals surface area contributed by atoms with Crippen LogP contribution in [0.5, 0.6) is 0 Å². The lowest BCUT2D eigenvalue weighted by atomic mass is 9.86. The van der Waals surface area contributed by atoms with Crippen LogP contribution in [0, 0.1) is 5.41 Å². The van der Waals surface area contributed by atoms with Gasteiger partial charge in [0.1, 0.15) is 0 Å². The normalized spacial score (nSPS) is 43.7. The smallest absolute Gasteiger partial charge is 0.0499 e. The quantitative estimate of drug-likeness (QED) is 0.541. The van der Waals surface area contributed by atoms with E-state index in [1.807, 2.05) is 0 Å². The van der Waals surface area contributed by atoms with Crippen molar-refractivity contribution in [2.45, 2.75) is 32.2 Å². The zero-order chi connectivity index (χ0) is 6.91. The monoisotopic (exact) mass is 129 g/mol. The van der Waals surface area contributed by atoms with E-state index in [4.69, 9.17) is 10.8 Å². The van der Waals surface area contributed by atoms with Crippen LogP contribution in [0.25, 0.3) is 0 Å². The Labute approximate surface area is 56.1 Å². The number of rotatable bonds is 1. The highest BCUT2D eigenvalue weighted by Crippen LogP contribution is 2.35. The summed E-state index contributed by atoms with van der Waals surface area (Å²) in [6, 6.07) is 0.225. The zero-order valence-electron chi connectivity index (χ0n) is 5.93. The summed E-state index contributed by atoms with van der Waals surface area (Å²) < 4.78 is 0. The first-order valence-electron chi connectivity index (χ1n) is 3.55. The van der Waals surface area contributed by atoms with Gasteiger partial charge in [-0.2, -0.15) is 0 Å². The molecular weight excluding hydrogens is 114 g/mol. The molecule has 0 radical (unpaired) electrons. The van der Waals surface area contributed by atoms with Gasteiger partial charge in [-0.15, -0.1) is 0 Å². The van der Waals surface area contributed by atoms with Gasteiger partial charge in [0.15, 0.2) is 0 Å². The number of aliphatic hydroxyl groups is 1. The summed E-state index contributed by atoms with van der Waals surface area (Å²) in [6.45, 7) is 2.30. The molecule has 1 saturated carbocycles. The molecule has 54 valence electrons. The number of hydrogen-bond donors (Lipinski definition) is 2. The molecule has 0 bridgehead atoms. The van der Waals surface area contributed by atoms with Gasteiger partial charge in [0.2, 0.25) is 0 Å². The molecule has 0 unspecified atom stereocenters. The molecule has 3 N–H and O–H groups in total. The van der Waals surface area contributed by atoms with Gasteiger partial charge < -0.3 is 10.8 Å². The molecule has 0 saturated heterocycles. The van der Waals surface area contributed by atoms with Crippen molar-refractivity contribution in [1.29, 1.82) is 0 Å². The summed E-state index contributed by atoms with van der Waals surface area (Å²) in [5.74, 6) is 0. The second-order valence-corrected chi connectivity index (χ2v) is 3.31. The standard InChI is InChI=1S/C7H15NO/c1-7(5-9)4-2-3-6(7)8/h6,9H,2-5,8H2,1H3/t6-,7+/m0/s1. The van der Waals surface area contributed by atoms with Crippen molar-refractivity contribution in [3.05, 3.63) is 0 Å². The van der Waals surface area contributed by atoms with Crippen LogP contribution in [0.15, 0.2) is 0 Å². The van der Waals surface area contributed by atoms with Crippen molar-refractivity contribution in [3.63, 3.8) is 0 Å². The molecule has 0 aromatic carbocycles. The van der Waals surface area contributed by atoms with Crippen LogP contribution in [0.4, 0.5) is 0 Å². The van der Waals surface area contributed by atoms with Gasteiger partial charge >= 0.3 is 0 Å². The fourth-order valence-electron chi connectivity index (χ4n) is 1.46. The molecule has 0 aliphatic heterocycles. The summed E-state index contributed by atoms with van der Waals surface area (Å²) in [6.07, 6.45) is 3.35. The van der Waals surface area contributed by atoms with Crippen molar-refractivity contribution < 1.29 is 5.11 Å². The Bertz CT molecular complexity index is 105. The minimum absolute atomic E-state index is 0.0278. The number of hydrogen-bond acceptors (Lipinski definition) is 2. The van der Waals surface area contributed by atoms with Gasteiger partial charge in [0.25, 0.3) is 0 Å². The molecule has 0 heterocycles. The van der Waals surface area contributed by atoms with Gasteiger partial charge in [-0.05, 0) is 12.8 Å². The molecule has 1 aliphatic rings. The summed E-state index contributed by atoms with van der Waals surface area (Å²) in [5.41, 5.74) is 5.79. The van der Waals surface area contributed by atoms with Crippen LogP contribution < -0.4 is 5.73 Å². The fraction of sp³-hybridized carbons (Fsp3) is 1.00. The maximum atomic E-state index is 8.92. The summed E-state index contributed by atoms with van der Waals surface area (Å²) in [4.78, 5) is 0. The maximum absolute atomic E-state index is 8.92. The minimum Gasteiger partial charge on any atom is -0.396 e. The molecule has 2 heteroatoms. The Kier molecular flexibility index (Phi) is 1.78. The molecule has 1 aliphatic carbocycles. The van der Waals surface area contributed by atoms with Gasteiger partial charge in [-0.1, -0.05) is 13.3 Å². The Balaban J connectivity index is 2.56. The van der Waals surface area contributed by atoms with E-state index in [9.17, 15) is 0 Å². The lowest BCUT2D eigenvalue weighted by Crippen LogP contribution is -2.37. The Morgan fingerprint density at radius 3 is 2.67 bits per heavy atom. The molecule has 1 rings (SSSR count). The van der Waals surface area contributed by atoms with Crippen molar-refractivity contribution in [2.24, 2.45) is 11.1 Å². The average Bonchev–Trinajstić information content (AvgIpc) is 2.15. The SMILES string of the molecule is C[C@]1(CO)CCC[C@@H]1N. The van der Waals surface area contributed by atoms with E-state index in [1.165, 1.54) is 6.42 Å². The predicted molar refractivity (Wildman–Crippen MR) is 37.0 cm³/mol. The highest BCUT2D eigenvalue weighted by Gasteiger charge is 2.35.